The quantitative estimate of drug-likeness (QED) is 0.757. The van der Waals surface area contributed by atoms with E-state index in [1.165, 1.54) is 0 Å². The second kappa shape index (κ2) is 4.64. The van der Waals surface area contributed by atoms with Gasteiger partial charge < -0.3 is 9.80 Å². The minimum Gasteiger partial charge on any atom is -0.339 e. The number of hydrogen-bond acceptors (Lipinski definition) is 4. The predicted octanol–water partition coefficient (Wildman–Crippen LogP) is -0.196. The van der Waals surface area contributed by atoms with Gasteiger partial charge in [0.25, 0.3) is 0 Å². The van der Waals surface area contributed by atoms with Crippen molar-refractivity contribution in [3.8, 4) is 0 Å². The molecule has 0 radical (unpaired) electrons. The fourth-order valence-electron chi connectivity index (χ4n) is 2.51. The molecule has 0 saturated carbocycles. The zero-order valence-electron chi connectivity index (χ0n) is 10.9. The number of aromatic nitrogens is 3. The van der Waals surface area contributed by atoms with E-state index in [9.17, 15) is 9.59 Å². The average Bonchev–Trinajstić information content (AvgIpc) is 2.88. The lowest BCUT2D eigenvalue weighted by molar-refractivity contribution is -0.134. The zero-order chi connectivity index (χ0) is 13.4. The third-order valence-electron chi connectivity index (χ3n) is 3.76. The van der Waals surface area contributed by atoms with Crippen LogP contribution in [0.1, 0.15) is 31.5 Å². The highest BCUT2D eigenvalue weighted by Crippen LogP contribution is 2.20. The van der Waals surface area contributed by atoms with Gasteiger partial charge in [0.1, 0.15) is 5.69 Å². The molecule has 3 heterocycles. The summed E-state index contributed by atoms with van der Waals surface area (Å²) in [6.45, 7) is 4.32. The van der Waals surface area contributed by atoms with E-state index in [1.54, 1.807) is 16.5 Å². The Bertz CT molecular complexity index is 506. The molecule has 0 aliphatic carbocycles. The summed E-state index contributed by atoms with van der Waals surface area (Å²) in [6, 6.07) is 0.222. The van der Waals surface area contributed by atoms with Crippen molar-refractivity contribution in [2.24, 2.45) is 0 Å². The molecular formula is C12H17N5O2. The van der Waals surface area contributed by atoms with Gasteiger partial charge in [-0.1, -0.05) is 5.21 Å². The van der Waals surface area contributed by atoms with E-state index in [4.69, 9.17) is 0 Å². The van der Waals surface area contributed by atoms with Crippen LogP contribution in [0, 0.1) is 0 Å². The number of hydrogen-bond donors (Lipinski definition) is 0. The molecule has 7 nitrogen and oxygen atoms in total. The van der Waals surface area contributed by atoms with Crippen molar-refractivity contribution in [3.63, 3.8) is 0 Å². The van der Waals surface area contributed by atoms with Gasteiger partial charge in [-0.05, 0) is 6.42 Å². The van der Waals surface area contributed by atoms with E-state index in [0.717, 1.165) is 18.7 Å². The molecule has 2 aliphatic rings. The van der Waals surface area contributed by atoms with Crippen molar-refractivity contribution in [2.75, 3.05) is 19.6 Å². The fraction of sp³-hybridized carbons (Fsp3) is 0.667. The standard InChI is InChI=1S/C12H17N5O2/c1-9(18)16-7-11(8-16)17-6-10(13-14-17)5-15-4-2-3-12(15)19/h6,11H,2-5,7-8H2,1H3. The topological polar surface area (TPSA) is 71.3 Å². The summed E-state index contributed by atoms with van der Waals surface area (Å²) in [5.74, 6) is 0.292. The maximum atomic E-state index is 11.5. The third-order valence-corrected chi connectivity index (χ3v) is 3.76. The van der Waals surface area contributed by atoms with Gasteiger partial charge in [0.2, 0.25) is 11.8 Å². The number of likely N-dealkylation sites (tertiary alicyclic amines) is 2. The Hall–Kier alpha value is -1.92. The minimum atomic E-state index is 0.0965. The van der Waals surface area contributed by atoms with Gasteiger partial charge in [-0.25, -0.2) is 4.68 Å². The van der Waals surface area contributed by atoms with Crippen molar-refractivity contribution < 1.29 is 9.59 Å². The van der Waals surface area contributed by atoms with Gasteiger partial charge in [-0.3, -0.25) is 9.59 Å². The van der Waals surface area contributed by atoms with Gasteiger partial charge in [0.15, 0.2) is 0 Å². The molecule has 3 rings (SSSR count). The molecule has 0 N–H and O–H groups in total. The van der Waals surface area contributed by atoms with E-state index < -0.39 is 0 Å². The number of rotatable bonds is 3. The SMILES string of the molecule is CC(=O)N1CC(n2cc(CN3CCCC3=O)nn2)C1. The van der Waals surface area contributed by atoms with E-state index in [2.05, 4.69) is 10.3 Å². The first kappa shape index (κ1) is 12.1. The molecule has 2 fully saturated rings. The summed E-state index contributed by atoms with van der Waals surface area (Å²) in [4.78, 5) is 26.2. The Morgan fingerprint density at radius 1 is 1.47 bits per heavy atom. The van der Waals surface area contributed by atoms with Gasteiger partial charge in [-0.2, -0.15) is 0 Å². The molecule has 0 bridgehead atoms. The summed E-state index contributed by atoms with van der Waals surface area (Å²) in [5, 5.41) is 8.19. The smallest absolute Gasteiger partial charge is 0.222 e. The van der Waals surface area contributed by atoms with Crippen LogP contribution < -0.4 is 0 Å². The van der Waals surface area contributed by atoms with Crippen LogP contribution in [0.2, 0.25) is 0 Å². The maximum absolute atomic E-state index is 11.5. The van der Waals surface area contributed by atoms with Crippen molar-refractivity contribution in [1.29, 1.82) is 0 Å². The zero-order valence-corrected chi connectivity index (χ0v) is 10.9. The van der Waals surface area contributed by atoms with Gasteiger partial charge >= 0.3 is 0 Å². The molecule has 2 amide bonds. The van der Waals surface area contributed by atoms with Gasteiger partial charge in [0, 0.05) is 33.0 Å². The lowest BCUT2D eigenvalue weighted by Crippen LogP contribution is -2.50. The first-order chi connectivity index (χ1) is 9.13. The normalized spacial score (nSPS) is 19.9. The van der Waals surface area contributed by atoms with Crippen molar-refractivity contribution in [3.05, 3.63) is 11.9 Å². The lowest BCUT2D eigenvalue weighted by Gasteiger charge is -2.38. The Balaban J connectivity index is 1.58. The van der Waals surface area contributed by atoms with Crippen LogP contribution in [0.15, 0.2) is 6.20 Å². The molecule has 19 heavy (non-hydrogen) atoms. The maximum Gasteiger partial charge on any atom is 0.222 e. The van der Waals surface area contributed by atoms with Gasteiger partial charge in [-0.15, -0.1) is 5.10 Å². The third kappa shape index (κ3) is 2.32. The molecule has 102 valence electrons. The number of carbonyl (C=O) groups excluding carboxylic acids is 2. The summed E-state index contributed by atoms with van der Waals surface area (Å²) < 4.78 is 1.80. The van der Waals surface area contributed by atoms with Crippen molar-refractivity contribution >= 4 is 11.8 Å². The highest BCUT2D eigenvalue weighted by atomic mass is 16.2. The van der Waals surface area contributed by atoms with E-state index in [-0.39, 0.29) is 17.9 Å². The van der Waals surface area contributed by atoms with Crippen LogP contribution in [0.4, 0.5) is 0 Å². The Morgan fingerprint density at radius 3 is 2.89 bits per heavy atom. The molecule has 7 heteroatoms. The van der Waals surface area contributed by atoms with Crippen LogP contribution in [0.25, 0.3) is 0 Å². The van der Waals surface area contributed by atoms with Crippen LogP contribution in [0.3, 0.4) is 0 Å². The lowest BCUT2D eigenvalue weighted by atomic mass is 10.1. The molecule has 0 atom stereocenters. The van der Waals surface area contributed by atoms with Gasteiger partial charge in [0.05, 0.1) is 18.8 Å². The molecule has 1 aromatic heterocycles. The van der Waals surface area contributed by atoms with Crippen LogP contribution in [-0.2, 0) is 16.1 Å². The predicted molar refractivity (Wildman–Crippen MR) is 66.0 cm³/mol. The molecule has 0 unspecified atom stereocenters. The highest BCUT2D eigenvalue weighted by molar-refractivity contribution is 5.78. The first-order valence-electron chi connectivity index (χ1n) is 6.57. The summed E-state index contributed by atoms with van der Waals surface area (Å²) in [7, 11) is 0. The molecule has 0 spiro atoms. The van der Waals surface area contributed by atoms with Crippen LogP contribution >= 0.6 is 0 Å². The van der Waals surface area contributed by atoms with Crippen molar-refractivity contribution in [1.82, 2.24) is 24.8 Å². The molecule has 0 aromatic carbocycles. The minimum absolute atomic E-state index is 0.0965. The fourth-order valence-corrected chi connectivity index (χ4v) is 2.51. The summed E-state index contributed by atoms with van der Waals surface area (Å²) in [6.07, 6.45) is 3.46. The largest absolute Gasteiger partial charge is 0.339 e. The second-order valence-electron chi connectivity index (χ2n) is 5.19. The first-order valence-corrected chi connectivity index (χ1v) is 6.57. The second-order valence-corrected chi connectivity index (χ2v) is 5.19. The van der Waals surface area contributed by atoms with Crippen molar-refractivity contribution in [2.45, 2.75) is 32.4 Å². The Kier molecular flexibility index (Phi) is 2.96. The summed E-state index contributed by atoms with van der Waals surface area (Å²) in [5.41, 5.74) is 0.816. The van der Waals surface area contributed by atoms with Crippen LogP contribution in [0.5, 0.6) is 0 Å². The van der Waals surface area contributed by atoms with Crippen LogP contribution in [-0.4, -0.2) is 56.2 Å². The van der Waals surface area contributed by atoms with E-state index >= 15 is 0 Å². The summed E-state index contributed by atoms with van der Waals surface area (Å²) >= 11 is 0. The number of amides is 2. The number of carbonyl (C=O) groups is 2. The molecular weight excluding hydrogens is 246 g/mol. The number of nitrogens with zero attached hydrogens (tertiary/aromatic N) is 5. The molecule has 2 aliphatic heterocycles. The Morgan fingerprint density at radius 2 is 2.26 bits per heavy atom. The Labute approximate surface area is 111 Å². The highest BCUT2D eigenvalue weighted by Gasteiger charge is 2.31. The van der Waals surface area contributed by atoms with E-state index in [0.29, 0.717) is 26.1 Å². The molecule has 1 aromatic rings. The monoisotopic (exact) mass is 263 g/mol. The molecule has 2 saturated heterocycles. The van der Waals surface area contributed by atoms with E-state index in [1.807, 2.05) is 11.1 Å². The average molecular weight is 263 g/mol.